The van der Waals surface area contributed by atoms with E-state index in [1.165, 1.54) is 0 Å². The van der Waals surface area contributed by atoms with E-state index in [4.69, 9.17) is 22.1 Å². The Balaban J connectivity index is 1.90. The predicted molar refractivity (Wildman–Crippen MR) is 101 cm³/mol. The molecule has 0 fully saturated rings. The summed E-state index contributed by atoms with van der Waals surface area (Å²) in [4.78, 5) is 14.6. The molecule has 1 aromatic carbocycles. The number of rotatable bonds is 7. The lowest BCUT2D eigenvalue weighted by Crippen LogP contribution is -2.16. The number of fused-ring (bicyclic) bond motifs is 1. The number of carbonyl (C=O) groups is 1. The fourth-order valence-electron chi connectivity index (χ4n) is 2.30. The Kier molecular flexibility index (Phi) is 4.94. The van der Waals surface area contributed by atoms with Gasteiger partial charge in [-0.2, -0.15) is 0 Å². The zero-order chi connectivity index (χ0) is 18.7. The summed E-state index contributed by atoms with van der Waals surface area (Å²) in [6, 6.07) is 6.96. The van der Waals surface area contributed by atoms with Gasteiger partial charge in [0.25, 0.3) is 5.91 Å². The molecule has 1 amide bonds. The minimum absolute atomic E-state index is 0.0406. The van der Waals surface area contributed by atoms with Gasteiger partial charge in [0, 0.05) is 30.0 Å². The van der Waals surface area contributed by atoms with Gasteiger partial charge in [-0.25, -0.2) is 0 Å². The molecule has 2 aromatic heterocycles. The van der Waals surface area contributed by atoms with Crippen LogP contribution in [0.15, 0.2) is 42.7 Å². The van der Waals surface area contributed by atoms with Crippen molar-refractivity contribution in [2.24, 2.45) is 5.73 Å². The molecule has 0 bridgehead atoms. The summed E-state index contributed by atoms with van der Waals surface area (Å²) in [5.74, 6) is -0.164. The van der Waals surface area contributed by atoms with Gasteiger partial charge in [-0.15, -0.1) is 10.2 Å². The van der Waals surface area contributed by atoms with Crippen LogP contribution in [0.25, 0.3) is 11.0 Å². The molecule has 26 heavy (non-hydrogen) atoms. The zero-order valence-corrected chi connectivity index (χ0v) is 14.7. The van der Waals surface area contributed by atoms with Crippen molar-refractivity contribution in [1.82, 2.24) is 20.5 Å². The number of halogens is 1. The van der Waals surface area contributed by atoms with E-state index >= 15 is 0 Å². The number of hydrogen-bond donors (Lipinski definition) is 4. The highest BCUT2D eigenvalue weighted by Crippen LogP contribution is 2.32. The average Bonchev–Trinajstić information content (AvgIpc) is 3.10. The van der Waals surface area contributed by atoms with Crippen molar-refractivity contribution in [2.75, 3.05) is 19.0 Å². The van der Waals surface area contributed by atoms with Crippen molar-refractivity contribution < 1.29 is 9.53 Å². The third kappa shape index (κ3) is 3.55. The first kappa shape index (κ1) is 17.6. The maximum atomic E-state index is 11.7. The average molecular weight is 373 g/mol. The van der Waals surface area contributed by atoms with E-state index < -0.39 is 5.91 Å². The van der Waals surface area contributed by atoms with E-state index in [0.717, 1.165) is 5.70 Å². The van der Waals surface area contributed by atoms with Crippen molar-refractivity contribution >= 4 is 39.9 Å². The number of nitrogens with one attached hydrogen (secondary N) is 3. The van der Waals surface area contributed by atoms with Crippen molar-refractivity contribution in [1.29, 1.82) is 0 Å². The lowest BCUT2D eigenvalue weighted by atomic mass is 10.2. The van der Waals surface area contributed by atoms with Crippen LogP contribution in [0.2, 0.25) is 5.02 Å². The van der Waals surface area contributed by atoms with Crippen LogP contribution in [0.1, 0.15) is 10.5 Å². The summed E-state index contributed by atoms with van der Waals surface area (Å²) in [7, 11) is 1.77. The van der Waals surface area contributed by atoms with Crippen molar-refractivity contribution in [3.8, 4) is 5.75 Å². The van der Waals surface area contributed by atoms with Crippen LogP contribution in [0, 0.1) is 0 Å². The van der Waals surface area contributed by atoms with Gasteiger partial charge in [-0.05, 0) is 24.3 Å². The molecule has 2 heterocycles. The predicted octanol–water partition coefficient (Wildman–Crippen LogP) is 2.57. The number of ether oxygens (including phenoxy) is 1. The highest BCUT2D eigenvalue weighted by Gasteiger charge is 2.16. The van der Waals surface area contributed by atoms with Crippen molar-refractivity contribution in [3.05, 3.63) is 53.5 Å². The fraction of sp³-hybridized carbons (Fsp3) is 0.118. The molecule has 0 radical (unpaired) electrons. The summed E-state index contributed by atoms with van der Waals surface area (Å²) >= 11 is 6.28. The molecule has 0 aliphatic carbocycles. The van der Waals surface area contributed by atoms with Crippen molar-refractivity contribution in [2.45, 2.75) is 0 Å². The first-order valence-corrected chi connectivity index (χ1v) is 8.06. The van der Waals surface area contributed by atoms with Crippen LogP contribution >= 0.6 is 11.6 Å². The van der Waals surface area contributed by atoms with Crippen LogP contribution in [-0.4, -0.2) is 34.7 Å². The maximum absolute atomic E-state index is 11.7. The molecule has 5 N–H and O–H groups in total. The van der Waals surface area contributed by atoms with Crippen LogP contribution in [-0.2, 0) is 0 Å². The lowest BCUT2D eigenvalue weighted by molar-refractivity contribution is 0.0995. The Morgan fingerprint density at radius 2 is 2.19 bits per heavy atom. The monoisotopic (exact) mass is 372 g/mol. The van der Waals surface area contributed by atoms with E-state index in [0.29, 0.717) is 39.8 Å². The number of benzene rings is 1. The summed E-state index contributed by atoms with van der Waals surface area (Å²) in [6.45, 7) is 4.09. The Morgan fingerprint density at radius 3 is 2.88 bits per heavy atom. The normalized spacial score (nSPS) is 10.5. The van der Waals surface area contributed by atoms with E-state index in [1.807, 2.05) is 0 Å². The molecule has 9 heteroatoms. The Bertz CT molecular complexity index is 985. The van der Waals surface area contributed by atoms with Crippen LogP contribution in [0.3, 0.4) is 0 Å². The highest BCUT2D eigenvalue weighted by molar-refractivity contribution is 6.32. The molecule has 0 unspecified atom stereocenters. The van der Waals surface area contributed by atoms with E-state index in [2.05, 4.69) is 32.4 Å². The minimum Gasteiger partial charge on any atom is -0.486 e. The Morgan fingerprint density at radius 1 is 1.38 bits per heavy atom. The third-order valence-corrected chi connectivity index (χ3v) is 3.97. The SMILES string of the molecule is C=C(COc1ccc(Nc2c(C(N)=O)nnc3[nH]ccc23)cc1Cl)NC. The number of anilines is 2. The second kappa shape index (κ2) is 7.32. The number of aromatic nitrogens is 3. The van der Waals surface area contributed by atoms with Gasteiger partial charge in [-0.3, -0.25) is 4.79 Å². The fourth-order valence-corrected chi connectivity index (χ4v) is 2.53. The summed E-state index contributed by atoms with van der Waals surface area (Å²) < 4.78 is 5.59. The number of likely N-dealkylation sites (N-methyl/N-ethyl adjacent to an activating group) is 1. The Hall–Kier alpha value is -3.26. The standard InChI is InChI=1S/C17H17ClN6O2/c1-9(20-2)8-26-13-4-3-10(7-12(13)18)22-14-11-5-6-21-17(11)24-23-15(14)16(19)25/h3-7,20H,1,8H2,2H3,(H2,19,25)(H2,21,22,24). The van der Waals surface area contributed by atoms with E-state index in [-0.39, 0.29) is 5.69 Å². The maximum Gasteiger partial charge on any atom is 0.271 e. The smallest absolute Gasteiger partial charge is 0.271 e. The molecule has 0 aliphatic heterocycles. The summed E-state index contributed by atoms with van der Waals surface area (Å²) in [6.07, 6.45) is 1.70. The first-order chi connectivity index (χ1) is 12.5. The number of primary amides is 1. The van der Waals surface area contributed by atoms with Gasteiger partial charge in [0.2, 0.25) is 0 Å². The molecule has 0 saturated heterocycles. The van der Waals surface area contributed by atoms with Gasteiger partial charge in [0.15, 0.2) is 11.3 Å². The molecule has 8 nitrogen and oxygen atoms in total. The second-order valence-electron chi connectivity index (χ2n) is 5.44. The molecule has 0 saturated carbocycles. The number of carbonyl (C=O) groups excluding carboxylic acids is 1. The zero-order valence-electron chi connectivity index (χ0n) is 14.0. The van der Waals surface area contributed by atoms with Gasteiger partial charge in [-0.1, -0.05) is 18.2 Å². The number of nitrogens with two attached hydrogens (primary N) is 1. The number of amides is 1. The highest BCUT2D eigenvalue weighted by atomic mass is 35.5. The molecule has 3 aromatic rings. The van der Waals surface area contributed by atoms with Crippen LogP contribution < -0.4 is 21.1 Å². The molecule has 0 atom stereocenters. The number of nitrogens with zero attached hydrogens (tertiary/aromatic N) is 2. The topological polar surface area (TPSA) is 118 Å². The minimum atomic E-state index is -0.681. The van der Waals surface area contributed by atoms with E-state index in [1.54, 1.807) is 37.5 Å². The van der Waals surface area contributed by atoms with Gasteiger partial charge in [0.1, 0.15) is 12.4 Å². The third-order valence-electron chi connectivity index (χ3n) is 3.67. The van der Waals surface area contributed by atoms with Crippen LogP contribution in [0.4, 0.5) is 11.4 Å². The summed E-state index contributed by atoms with van der Waals surface area (Å²) in [5.41, 5.74) is 7.82. The molecule has 134 valence electrons. The quantitative estimate of drug-likeness (QED) is 0.506. The van der Waals surface area contributed by atoms with Gasteiger partial charge < -0.3 is 26.1 Å². The van der Waals surface area contributed by atoms with Gasteiger partial charge in [0.05, 0.1) is 10.7 Å². The van der Waals surface area contributed by atoms with Crippen LogP contribution in [0.5, 0.6) is 5.75 Å². The molecule has 0 aliphatic rings. The number of hydrogen-bond acceptors (Lipinski definition) is 6. The van der Waals surface area contributed by atoms with Crippen molar-refractivity contribution in [3.63, 3.8) is 0 Å². The molecular formula is C17H17ClN6O2. The van der Waals surface area contributed by atoms with E-state index in [9.17, 15) is 4.79 Å². The molecule has 3 rings (SSSR count). The second-order valence-corrected chi connectivity index (χ2v) is 5.85. The molecule has 0 spiro atoms. The number of aromatic amines is 1. The largest absolute Gasteiger partial charge is 0.486 e. The lowest BCUT2D eigenvalue weighted by Gasteiger charge is -2.13. The van der Waals surface area contributed by atoms with Gasteiger partial charge >= 0.3 is 0 Å². The first-order valence-electron chi connectivity index (χ1n) is 7.68. The summed E-state index contributed by atoms with van der Waals surface area (Å²) in [5, 5.41) is 14.9. The number of H-pyrrole nitrogens is 1. The molecular weight excluding hydrogens is 356 g/mol. The Labute approximate surface area is 154 Å².